The topological polar surface area (TPSA) is 61.1 Å². The molecule has 0 saturated heterocycles. The van der Waals surface area contributed by atoms with Crippen molar-refractivity contribution in [1.82, 2.24) is 0 Å². The standard InChI is InChI=1S/C16H21NO2/c1-4-10-16(12-17,13-8-6-5-7-9-13)15(2,3)11-14(18)19/h5-9H,4,10-11H2,1-3H3,(H,18,19). The van der Waals surface area contributed by atoms with Gasteiger partial charge < -0.3 is 5.11 Å². The van der Waals surface area contributed by atoms with E-state index in [0.29, 0.717) is 6.42 Å². The van der Waals surface area contributed by atoms with E-state index in [1.54, 1.807) is 0 Å². The van der Waals surface area contributed by atoms with Gasteiger partial charge in [0.15, 0.2) is 0 Å². The van der Waals surface area contributed by atoms with Crippen molar-refractivity contribution in [1.29, 1.82) is 5.26 Å². The van der Waals surface area contributed by atoms with Gasteiger partial charge in [-0.25, -0.2) is 0 Å². The summed E-state index contributed by atoms with van der Waals surface area (Å²) in [5.41, 5.74) is -0.475. The van der Waals surface area contributed by atoms with Gasteiger partial charge in [-0.1, -0.05) is 57.5 Å². The quantitative estimate of drug-likeness (QED) is 0.846. The normalized spacial score (nSPS) is 14.4. The fourth-order valence-electron chi connectivity index (χ4n) is 2.77. The summed E-state index contributed by atoms with van der Waals surface area (Å²) in [6.07, 6.45) is 1.48. The molecule has 3 heteroatoms. The van der Waals surface area contributed by atoms with E-state index in [4.69, 9.17) is 5.11 Å². The molecule has 0 heterocycles. The Bertz CT molecular complexity index is 473. The Morgan fingerprint density at radius 2 is 1.89 bits per heavy atom. The third-order valence-electron chi connectivity index (χ3n) is 3.83. The van der Waals surface area contributed by atoms with Crippen LogP contribution in [0, 0.1) is 16.7 Å². The zero-order valence-electron chi connectivity index (χ0n) is 11.8. The Morgan fingerprint density at radius 3 is 2.32 bits per heavy atom. The minimum atomic E-state index is -0.864. The van der Waals surface area contributed by atoms with Gasteiger partial charge in [-0.05, 0) is 17.4 Å². The van der Waals surface area contributed by atoms with Crippen molar-refractivity contribution in [2.24, 2.45) is 5.41 Å². The van der Waals surface area contributed by atoms with Crippen molar-refractivity contribution in [2.45, 2.75) is 45.4 Å². The van der Waals surface area contributed by atoms with Gasteiger partial charge in [-0.3, -0.25) is 4.79 Å². The van der Waals surface area contributed by atoms with Crippen LogP contribution in [-0.4, -0.2) is 11.1 Å². The largest absolute Gasteiger partial charge is 0.481 e. The Labute approximate surface area is 114 Å². The Balaban J connectivity index is 3.36. The molecule has 0 radical (unpaired) electrons. The number of aliphatic carboxylic acids is 1. The molecule has 0 aliphatic heterocycles. The Hall–Kier alpha value is -1.82. The van der Waals surface area contributed by atoms with Crippen LogP contribution in [0.5, 0.6) is 0 Å². The lowest BCUT2D eigenvalue weighted by Crippen LogP contribution is -2.42. The van der Waals surface area contributed by atoms with Crippen LogP contribution in [0.25, 0.3) is 0 Å². The van der Waals surface area contributed by atoms with Gasteiger partial charge in [0.25, 0.3) is 0 Å². The molecule has 1 unspecified atom stereocenters. The summed E-state index contributed by atoms with van der Waals surface area (Å²) in [5.74, 6) is -0.864. The van der Waals surface area contributed by atoms with Crippen LogP contribution in [0.15, 0.2) is 30.3 Å². The first-order chi connectivity index (χ1) is 8.89. The van der Waals surface area contributed by atoms with Crippen molar-refractivity contribution in [3.05, 3.63) is 35.9 Å². The van der Waals surface area contributed by atoms with Crippen LogP contribution in [0.4, 0.5) is 0 Å². The van der Waals surface area contributed by atoms with E-state index in [-0.39, 0.29) is 6.42 Å². The molecule has 0 fully saturated rings. The van der Waals surface area contributed by atoms with Crippen LogP contribution in [0.2, 0.25) is 0 Å². The van der Waals surface area contributed by atoms with E-state index >= 15 is 0 Å². The highest BCUT2D eigenvalue weighted by Gasteiger charge is 2.47. The van der Waals surface area contributed by atoms with E-state index in [9.17, 15) is 10.1 Å². The molecule has 0 saturated carbocycles. The second kappa shape index (κ2) is 5.88. The maximum absolute atomic E-state index is 11.1. The first-order valence-corrected chi connectivity index (χ1v) is 6.58. The third kappa shape index (κ3) is 2.96. The summed E-state index contributed by atoms with van der Waals surface area (Å²) >= 11 is 0. The fourth-order valence-corrected chi connectivity index (χ4v) is 2.77. The molecule has 1 aromatic carbocycles. The molecule has 1 atom stereocenters. The van der Waals surface area contributed by atoms with E-state index in [0.717, 1.165) is 12.0 Å². The molecule has 0 spiro atoms. The number of nitrogens with zero attached hydrogens (tertiary/aromatic N) is 1. The Kier molecular flexibility index (Phi) is 4.72. The van der Waals surface area contributed by atoms with Crippen LogP contribution in [0.3, 0.4) is 0 Å². The van der Waals surface area contributed by atoms with E-state index in [1.165, 1.54) is 0 Å². The van der Waals surface area contributed by atoms with Crippen LogP contribution in [-0.2, 0) is 10.2 Å². The van der Waals surface area contributed by atoms with E-state index in [1.807, 2.05) is 51.1 Å². The minimum Gasteiger partial charge on any atom is -0.481 e. The molecule has 1 rings (SSSR count). The summed E-state index contributed by atoms with van der Waals surface area (Å²) in [5, 5.41) is 18.9. The minimum absolute atomic E-state index is 0.0184. The Morgan fingerprint density at radius 1 is 1.32 bits per heavy atom. The number of rotatable bonds is 6. The van der Waals surface area contributed by atoms with Crippen LogP contribution < -0.4 is 0 Å². The van der Waals surface area contributed by atoms with Crippen molar-refractivity contribution in [3.63, 3.8) is 0 Å². The highest BCUT2D eigenvalue weighted by atomic mass is 16.4. The molecule has 3 nitrogen and oxygen atoms in total. The molecule has 0 amide bonds. The maximum atomic E-state index is 11.1. The van der Waals surface area contributed by atoms with Gasteiger partial charge in [0.05, 0.1) is 17.9 Å². The number of hydrogen-bond donors (Lipinski definition) is 1. The van der Waals surface area contributed by atoms with Gasteiger partial charge in [0.1, 0.15) is 0 Å². The van der Waals surface area contributed by atoms with E-state index in [2.05, 4.69) is 6.07 Å². The third-order valence-corrected chi connectivity index (χ3v) is 3.83. The van der Waals surface area contributed by atoms with Gasteiger partial charge >= 0.3 is 5.97 Å². The van der Waals surface area contributed by atoms with Gasteiger partial charge in [0.2, 0.25) is 0 Å². The fraction of sp³-hybridized carbons (Fsp3) is 0.500. The predicted molar refractivity (Wildman–Crippen MR) is 74.7 cm³/mol. The van der Waals surface area contributed by atoms with E-state index < -0.39 is 16.8 Å². The molecule has 0 bridgehead atoms. The molecule has 1 N–H and O–H groups in total. The number of carboxylic acid groups (broad SMARTS) is 1. The number of hydrogen-bond acceptors (Lipinski definition) is 2. The van der Waals surface area contributed by atoms with Crippen LogP contribution in [0.1, 0.15) is 45.6 Å². The number of carboxylic acids is 1. The lowest BCUT2D eigenvalue weighted by atomic mass is 9.59. The molecule has 0 aromatic heterocycles. The number of nitriles is 1. The van der Waals surface area contributed by atoms with Gasteiger partial charge in [-0.2, -0.15) is 5.26 Å². The SMILES string of the molecule is CCCC(C#N)(c1ccccc1)C(C)(C)CC(=O)O. The van der Waals surface area contributed by atoms with Crippen LogP contribution >= 0.6 is 0 Å². The predicted octanol–water partition coefficient (Wildman–Crippen LogP) is 3.75. The second-order valence-electron chi connectivity index (χ2n) is 5.59. The van der Waals surface area contributed by atoms with Gasteiger partial charge in [0, 0.05) is 0 Å². The summed E-state index contributed by atoms with van der Waals surface area (Å²) < 4.78 is 0. The molecule has 102 valence electrons. The average Bonchev–Trinajstić information content (AvgIpc) is 2.35. The highest BCUT2D eigenvalue weighted by molar-refractivity contribution is 5.68. The lowest BCUT2D eigenvalue weighted by molar-refractivity contribution is -0.140. The maximum Gasteiger partial charge on any atom is 0.303 e. The lowest BCUT2D eigenvalue weighted by Gasteiger charge is -2.41. The van der Waals surface area contributed by atoms with Gasteiger partial charge in [-0.15, -0.1) is 0 Å². The van der Waals surface area contributed by atoms with Crippen molar-refractivity contribution in [3.8, 4) is 6.07 Å². The summed E-state index contributed by atoms with van der Waals surface area (Å²) in [6.45, 7) is 5.76. The molecular formula is C16H21NO2. The second-order valence-corrected chi connectivity index (χ2v) is 5.59. The first-order valence-electron chi connectivity index (χ1n) is 6.58. The zero-order chi connectivity index (χ0) is 14.5. The molecular weight excluding hydrogens is 238 g/mol. The number of benzene rings is 1. The molecule has 0 aliphatic rings. The smallest absolute Gasteiger partial charge is 0.303 e. The van der Waals surface area contributed by atoms with Crippen molar-refractivity contribution in [2.75, 3.05) is 0 Å². The summed E-state index contributed by atoms with van der Waals surface area (Å²) in [7, 11) is 0. The molecule has 1 aromatic rings. The monoisotopic (exact) mass is 259 g/mol. The zero-order valence-corrected chi connectivity index (χ0v) is 11.8. The highest BCUT2D eigenvalue weighted by Crippen LogP contribution is 2.47. The first kappa shape index (κ1) is 15.2. The molecule has 0 aliphatic carbocycles. The summed E-state index contributed by atoms with van der Waals surface area (Å²) in [6, 6.07) is 12.0. The van der Waals surface area contributed by atoms with Crippen molar-refractivity contribution < 1.29 is 9.90 Å². The van der Waals surface area contributed by atoms with Crippen molar-refractivity contribution >= 4 is 5.97 Å². The molecule has 19 heavy (non-hydrogen) atoms. The number of carbonyl (C=O) groups is 1. The summed E-state index contributed by atoms with van der Waals surface area (Å²) in [4.78, 5) is 11.1. The average molecular weight is 259 g/mol.